The number of halogens is 1. The lowest BCUT2D eigenvalue weighted by Gasteiger charge is -2.29. The number of methoxy groups -OCH3 is 2. The van der Waals surface area contributed by atoms with Crippen LogP contribution in [0.25, 0.3) is 0 Å². The van der Waals surface area contributed by atoms with Crippen LogP contribution in [-0.2, 0) is 6.54 Å². The lowest BCUT2D eigenvalue weighted by Crippen LogP contribution is -2.34. The molecule has 1 unspecified atom stereocenters. The van der Waals surface area contributed by atoms with E-state index < -0.39 is 0 Å². The number of benzene rings is 1. The van der Waals surface area contributed by atoms with Crippen molar-refractivity contribution in [2.24, 2.45) is 5.41 Å². The molecule has 120 valence electrons. The van der Waals surface area contributed by atoms with E-state index in [2.05, 4.69) is 36.3 Å². The van der Waals surface area contributed by atoms with Gasteiger partial charge in [0.1, 0.15) is 11.5 Å². The molecule has 0 spiro atoms. The fourth-order valence-electron chi connectivity index (χ4n) is 2.98. The van der Waals surface area contributed by atoms with E-state index in [1.165, 1.54) is 12.0 Å². The van der Waals surface area contributed by atoms with Gasteiger partial charge in [-0.25, -0.2) is 0 Å². The molecule has 1 aromatic carbocycles. The number of rotatable bonds is 6. The summed E-state index contributed by atoms with van der Waals surface area (Å²) in [4.78, 5) is 2.38. The minimum Gasteiger partial charge on any atom is -0.497 e. The Morgan fingerprint density at radius 2 is 1.81 bits per heavy atom. The predicted octanol–water partition coefficient (Wildman–Crippen LogP) is 2.56. The molecule has 0 bridgehead atoms. The molecule has 5 heteroatoms. The molecule has 1 aromatic rings. The standard InChI is InChI=1S/C16H26N2O2.ClH/c1-16(5-6-17-11-16)12-18(2)10-13-7-14(19-3)9-15(8-13)20-4;/h7-9,17H,5-6,10-12H2,1-4H3;1H. The summed E-state index contributed by atoms with van der Waals surface area (Å²) in [5.41, 5.74) is 1.61. The Kier molecular flexibility index (Phi) is 6.78. The van der Waals surface area contributed by atoms with Crippen LogP contribution >= 0.6 is 12.4 Å². The molecule has 21 heavy (non-hydrogen) atoms. The molecule has 4 nitrogen and oxygen atoms in total. The zero-order valence-electron chi connectivity index (χ0n) is 13.4. The smallest absolute Gasteiger partial charge is 0.122 e. The van der Waals surface area contributed by atoms with Gasteiger partial charge in [-0.05, 0) is 43.1 Å². The van der Waals surface area contributed by atoms with Crippen LogP contribution in [0, 0.1) is 5.41 Å². The average molecular weight is 315 g/mol. The maximum absolute atomic E-state index is 5.32. The highest BCUT2D eigenvalue weighted by Crippen LogP contribution is 2.27. The number of nitrogens with zero attached hydrogens (tertiary/aromatic N) is 1. The van der Waals surface area contributed by atoms with Crippen LogP contribution < -0.4 is 14.8 Å². The van der Waals surface area contributed by atoms with Gasteiger partial charge in [0.2, 0.25) is 0 Å². The van der Waals surface area contributed by atoms with Crippen LogP contribution in [0.15, 0.2) is 18.2 Å². The normalized spacial score (nSPS) is 21.2. The van der Waals surface area contributed by atoms with E-state index in [1.807, 2.05) is 6.07 Å². The highest BCUT2D eigenvalue weighted by atomic mass is 35.5. The Hall–Kier alpha value is -0.970. The lowest BCUT2D eigenvalue weighted by molar-refractivity contribution is 0.203. The Morgan fingerprint density at radius 3 is 2.29 bits per heavy atom. The number of hydrogen-bond donors (Lipinski definition) is 1. The van der Waals surface area contributed by atoms with Crippen LogP contribution in [0.3, 0.4) is 0 Å². The highest BCUT2D eigenvalue weighted by molar-refractivity contribution is 5.85. The Bertz CT molecular complexity index is 426. The van der Waals surface area contributed by atoms with Gasteiger partial charge in [-0.15, -0.1) is 12.4 Å². The zero-order valence-corrected chi connectivity index (χ0v) is 14.3. The zero-order chi connectivity index (χ0) is 14.6. The first-order valence-corrected chi connectivity index (χ1v) is 7.16. The molecule has 1 aliphatic heterocycles. The van der Waals surface area contributed by atoms with E-state index in [1.54, 1.807) is 14.2 Å². The molecule has 0 radical (unpaired) electrons. The quantitative estimate of drug-likeness (QED) is 0.875. The van der Waals surface area contributed by atoms with Crippen molar-refractivity contribution in [3.8, 4) is 11.5 Å². The molecule has 1 fully saturated rings. The molecule has 0 aromatic heterocycles. The van der Waals surface area contributed by atoms with Crippen molar-refractivity contribution in [1.29, 1.82) is 0 Å². The van der Waals surface area contributed by atoms with Gasteiger partial charge in [0.05, 0.1) is 14.2 Å². The predicted molar refractivity (Wildman–Crippen MR) is 88.7 cm³/mol. The second kappa shape index (κ2) is 7.87. The van der Waals surface area contributed by atoms with E-state index in [0.717, 1.165) is 37.7 Å². The Labute approximate surface area is 134 Å². The van der Waals surface area contributed by atoms with Crippen molar-refractivity contribution in [3.05, 3.63) is 23.8 Å². The second-order valence-corrected chi connectivity index (χ2v) is 6.13. The van der Waals surface area contributed by atoms with E-state index in [0.29, 0.717) is 5.41 Å². The van der Waals surface area contributed by atoms with Crippen molar-refractivity contribution in [2.75, 3.05) is 40.9 Å². The molecule has 1 aliphatic rings. The minimum atomic E-state index is 0. The molecule has 1 saturated heterocycles. The molecule has 0 saturated carbocycles. The fraction of sp³-hybridized carbons (Fsp3) is 0.625. The van der Waals surface area contributed by atoms with E-state index in [4.69, 9.17) is 9.47 Å². The van der Waals surface area contributed by atoms with Gasteiger partial charge < -0.3 is 19.7 Å². The summed E-state index contributed by atoms with van der Waals surface area (Å²) in [5.74, 6) is 1.70. The van der Waals surface area contributed by atoms with Crippen LogP contribution in [0.1, 0.15) is 18.9 Å². The first kappa shape index (κ1) is 18.1. The van der Waals surface area contributed by atoms with E-state index in [9.17, 15) is 0 Å². The van der Waals surface area contributed by atoms with E-state index >= 15 is 0 Å². The highest BCUT2D eigenvalue weighted by Gasteiger charge is 2.29. The Morgan fingerprint density at radius 1 is 1.19 bits per heavy atom. The monoisotopic (exact) mass is 314 g/mol. The molecular weight excluding hydrogens is 288 g/mol. The summed E-state index contributed by atoms with van der Waals surface area (Å²) in [7, 11) is 5.55. The van der Waals surface area contributed by atoms with Gasteiger partial charge in [-0.1, -0.05) is 6.92 Å². The van der Waals surface area contributed by atoms with Gasteiger partial charge in [-0.3, -0.25) is 0 Å². The maximum Gasteiger partial charge on any atom is 0.122 e. The molecule has 1 atom stereocenters. The first-order chi connectivity index (χ1) is 9.54. The third kappa shape index (κ3) is 5.06. The minimum absolute atomic E-state index is 0. The molecule has 0 aliphatic carbocycles. The summed E-state index contributed by atoms with van der Waals surface area (Å²) in [6, 6.07) is 6.06. The van der Waals surface area contributed by atoms with Gasteiger partial charge in [0.15, 0.2) is 0 Å². The first-order valence-electron chi connectivity index (χ1n) is 7.16. The van der Waals surface area contributed by atoms with Crippen molar-refractivity contribution >= 4 is 12.4 Å². The van der Waals surface area contributed by atoms with Crippen LogP contribution in [0.2, 0.25) is 0 Å². The van der Waals surface area contributed by atoms with Crippen LogP contribution in [0.4, 0.5) is 0 Å². The van der Waals surface area contributed by atoms with Gasteiger partial charge >= 0.3 is 0 Å². The summed E-state index contributed by atoms with van der Waals surface area (Å²) < 4.78 is 10.6. The van der Waals surface area contributed by atoms with E-state index in [-0.39, 0.29) is 12.4 Å². The van der Waals surface area contributed by atoms with Crippen molar-refractivity contribution in [3.63, 3.8) is 0 Å². The van der Waals surface area contributed by atoms with Crippen LogP contribution in [0.5, 0.6) is 11.5 Å². The average Bonchev–Trinajstić information content (AvgIpc) is 2.84. The number of ether oxygens (including phenoxy) is 2. The summed E-state index contributed by atoms with van der Waals surface area (Å²) in [5, 5.41) is 3.45. The van der Waals surface area contributed by atoms with Crippen molar-refractivity contribution < 1.29 is 9.47 Å². The molecule has 1 N–H and O–H groups in total. The lowest BCUT2D eigenvalue weighted by atomic mass is 9.89. The summed E-state index contributed by atoms with van der Waals surface area (Å²) in [6.07, 6.45) is 1.25. The number of hydrogen-bond acceptors (Lipinski definition) is 4. The van der Waals surface area contributed by atoms with Gasteiger partial charge in [0, 0.05) is 25.7 Å². The third-order valence-corrected chi connectivity index (χ3v) is 3.97. The SMILES string of the molecule is COc1cc(CN(C)CC2(C)CCNC2)cc(OC)c1.Cl. The van der Waals surface area contributed by atoms with Gasteiger partial charge in [0.25, 0.3) is 0 Å². The number of nitrogens with one attached hydrogen (secondary N) is 1. The van der Waals surface area contributed by atoms with Crippen molar-refractivity contribution in [2.45, 2.75) is 19.9 Å². The Balaban J connectivity index is 0.00000220. The van der Waals surface area contributed by atoms with Gasteiger partial charge in [-0.2, -0.15) is 0 Å². The largest absolute Gasteiger partial charge is 0.497 e. The molecule has 2 rings (SSSR count). The second-order valence-electron chi connectivity index (χ2n) is 6.13. The molecule has 0 amide bonds. The van der Waals surface area contributed by atoms with Crippen LogP contribution in [-0.4, -0.2) is 45.8 Å². The topological polar surface area (TPSA) is 33.7 Å². The molecular formula is C16H27ClN2O2. The fourth-order valence-corrected chi connectivity index (χ4v) is 2.98. The van der Waals surface area contributed by atoms with Crippen molar-refractivity contribution in [1.82, 2.24) is 10.2 Å². The summed E-state index contributed by atoms with van der Waals surface area (Å²) >= 11 is 0. The third-order valence-electron chi connectivity index (χ3n) is 3.97. The maximum atomic E-state index is 5.32. The molecule has 1 heterocycles. The summed E-state index contributed by atoms with van der Waals surface area (Å²) in [6.45, 7) is 6.61.